The van der Waals surface area contributed by atoms with Crippen LogP contribution in [0.3, 0.4) is 0 Å². The Labute approximate surface area is 80.0 Å². The van der Waals surface area contributed by atoms with Crippen LogP contribution in [0, 0.1) is 12.0 Å². The molecular formula is C13H15. The first-order valence-electron chi connectivity index (χ1n) is 5.36. The van der Waals surface area contributed by atoms with Crippen molar-refractivity contribution in [2.75, 3.05) is 0 Å². The van der Waals surface area contributed by atoms with Gasteiger partial charge < -0.3 is 0 Å². The Balaban J connectivity index is 2.00. The standard InChI is InChI=1S/C13H15/c1-2-4-12(5-3-1)13-8-6-11(10-13)7-9-13/h1-4,11H,6-10H2. The largest absolute Gasteiger partial charge is 0.0619 e. The van der Waals surface area contributed by atoms with Gasteiger partial charge in [0.05, 0.1) is 0 Å². The zero-order valence-corrected chi connectivity index (χ0v) is 7.92. The average molecular weight is 171 g/mol. The van der Waals surface area contributed by atoms with E-state index in [2.05, 4.69) is 30.3 Å². The summed E-state index contributed by atoms with van der Waals surface area (Å²) in [6, 6.07) is 12.0. The highest BCUT2D eigenvalue weighted by Crippen LogP contribution is 2.54. The fraction of sp³-hybridized carbons (Fsp3) is 0.538. The van der Waals surface area contributed by atoms with Crippen molar-refractivity contribution in [1.82, 2.24) is 0 Å². The zero-order chi connectivity index (χ0) is 8.73. The van der Waals surface area contributed by atoms with E-state index in [1.807, 2.05) is 0 Å². The van der Waals surface area contributed by atoms with Crippen LogP contribution in [0.15, 0.2) is 24.3 Å². The molecule has 0 spiro atoms. The number of hydrogen-bond donors (Lipinski definition) is 0. The number of rotatable bonds is 1. The normalized spacial score (nSPS) is 36.8. The second kappa shape index (κ2) is 2.60. The van der Waals surface area contributed by atoms with Crippen molar-refractivity contribution in [3.8, 4) is 0 Å². The van der Waals surface area contributed by atoms with E-state index in [0.717, 1.165) is 5.92 Å². The fourth-order valence-electron chi connectivity index (χ4n) is 3.29. The van der Waals surface area contributed by atoms with Gasteiger partial charge in [-0.25, -0.2) is 0 Å². The molecule has 0 unspecified atom stereocenters. The van der Waals surface area contributed by atoms with Crippen molar-refractivity contribution in [2.24, 2.45) is 5.92 Å². The minimum atomic E-state index is 0.548. The quantitative estimate of drug-likeness (QED) is 0.608. The summed E-state index contributed by atoms with van der Waals surface area (Å²) in [6.45, 7) is 0. The van der Waals surface area contributed by atoms with Crippen LogP contribution in [0.25, 0.3) is 0 Å². The van der Waals surface area contributed by atoms with Gasteiger partial charge in [0.15, 0.2) is 0 Å². The van der Waals surface area contributed by atoms with Gasteiger partial charge in [-0.3, -0.25) is 0 Å². The fourth-order valence-corrected chi connectivity index (χ4v) is 3.29. The van der Waals surface area contributed by atoms with Gasteiger partial charge in [0, 0.05) is 0 Å². The first-order chi connectivity index (χ1) is 6.39. The van der Waals surface area contributed by atoms with E-state index >= 15 is 0 Å². The predicted octanol–water partition coefficient (Wildman–Crippen LogP) is 3.32. The molecule has 2 bridgehead atoms. The monoisotopic (exact) mass is 171 g/mol. The van der Waals surface area contributed by atoms with Gasteiger partial charge in [-0.2, -0.15) is 0 Å². The number of hydrogen-bond acceptors (Lipinski definition) is 0. The highest BCUT2D eigenvalue weighted by molar-refractivity contribution is 5.27. The van der Waals surface area contributed by atoms with Crippen LogP contribution < -0.4 is 0 Å². The third kappa shape index (κ3) is 1.04. The number of benzene rings is 1. The van der Waals surface area contributed by atoms with E-state index < -0.39 is 0 Å². The molecule has 0 heteroatoms. The maximum atomic E-state index is 3.43. The molecule has 1 radical (unpaired) electrons. The van der Waals surface area contributed by atoms with Gasteiger partial charge in [-0.05, 0) is 55.1 Å². The van der Waals surface area contributed by atoms with E-state index in [-0.39, 0.29) is 0 Å². The topological polar surface area (TPSA) is 0 Å². The summed E-state index contributed by atoms with van der Waals surface area (Å²) in [5.41, 5.74) is 2.03. The molecule has 0 aromatic heterocycles. The third-order valence-electron chi connectivity index (χ3n) is 4.02. The molecule has 0 nitrogen and oxygen atoms in total. The van der Waals surface area contributed by atoms with Crippen molar-refractivity contribution < 1.29 is 0 Å². The van der Waals surface area contributed by atoms with Gasteiger partial charge in [-0.1, -0.05) is 24.3 Å². The Morgan fingerprint density at radius 3 is 2.62 bits per heavy atom. The molecule has 3 rings (SSSR count). The number of fused-ring (bicyclic) bond motifs is 2. The van der Waals surface area contributed by atoms with Gasteiger partial charge in [0.25, 0.3) is 0 Å². The zero-order valence-electron chi connectivity index (χ0n) is 7.92. The molecule has 67 valence electrons. The molecule has 1 aromatic rings. The molecule has 0 saturated heterocycles. The van der Waals surface area contributed by atoms with Crippen molar-refractivity contribution in [3.05, 3.63) is 35.9 Å². The van der Waals surface area contributed by atoms with Crippen LogP contribution in [-0.2, 0) is 5.41 Å². The lowest BCUT2D eigenvalue weighted by atomic mass is 9.78. The van der Waals surface area contributed by atoms with Gasteiger partial charge >= 0.3 is 0 Å². The van der Waals surface area contributed by atoms with Gasteiger partial charge in [0.2, 0.25) is 0 Å². The summed E-state index contributed by atoms with van der Waals surface area (Å²) < 4.78 is 0. The van der Waals surface area contributed by atoms with Crippen molar-refractivity contribution in [2.45, 2.75) is 37.5 Å². The summed E-state index contributed by atoms with van der Waals surface area (Å²) in [4.78, 5) is 0. The highest BCUT2D eigenvalue weighted by atomic mass is 14.5. The van der Waals surface area contributed by atoms with Gasteiger partial charge in [0.1, 0.15) is 0 Å². The van der Waals surface area contributed by atoms with Crippen LogP contribution in [-0.4, -0.2) is 0 Å². The molecular weight excluding hydrogens is 156 g/mol. The van der Waals surface area contributed by atoms with Crippen molar-refractivity contribution in [3.63, 3.8) is 0 Å². The summed E-state index contributed by atoms with van der Waals surface area (Å²) in [5, 5.41) is 0. The summed E-state index contributed by atoms with van der Waals surface area (Å²) in [6.07, 6.45) is 7.19. The molecule has 13 heavy (non-hydrogen) atoms. The maximum Gasteiger partial charge on any atom is -0.00380 e. The lowest BCUT2D eigenvalue weighted by molar-refractivity contribution is 0.418. The first kappa shape index (κ1) is 7.61. The molecule has 0 amide bonds. The Morgan fingerprint density at radius 2 is 2.08 bits per heavy atom. The minimum Gasteiger partial charge on any atom is -0.0619 e. The Bertz CT molecular complexity index is 291. The second-order valence-electron chi connectivity index (χ2n) is 4.70. The SMILES string of the molecule is [c]1ccccc1C12CCC(CC1)C2. The highest BCUT2D eigenvalue weighted by Gasteiger charge is 2.45. The first-order valence-corrected chi connectivity index (χ1v) is 5.36. The van der Waals surface area contributed by atoms with E-state index in [0.29, 0.717) is 5.41 Å². The summed E-state index contributed by atoms with van der Waals surface area (Å²) >= 11 is 0. The molecule has 0 aliphatic heterocycles. The lowest BCUT2D eigenvalue weighted by Crippen LogP contribution is -2.19. The van der Waals surface area contributed by atoms with Crippen LogP contribution >= 0.6 is 0 Å². The van der Waals surface area contributed by atoms with Gasteiger partial charge in [-0.15, -0.1) is 0 Å². The molecule has 0 N–H and O–H groups in total. The van der Waals surface area contributed by atoms with E-state index in [4.69, 9.17) is 0 Å². The van der Waals surface area contributed by atoms with Crippen LogP contribution in [0.5, 0.6) is 0 Å². The molecule has 2 aliphatic rings. The van der Waals surface area contributed by atoms with E-state index in [1.165, 1.54) is 37.7 Å². The molecule has 1 aromatic carbocycles. The molecule has 2 saturated carbocycles. The smallest absolute Gasteiger partial charge is 0.00380 e. The van der Waals surface area contributed by atoms with Crippen molar-refractivity contribution in [1.29, 1.82) is 0 Å². The van der Waals surface area contributed by atoms with E-state index in [1.54, 1.807) is 0 Å². The summed E-state index contributed by atoms with van der Waals surface area (Å²) in [7, 11) is 0. The van der Waals surface area contributed by atoms with Crippen LogP contribution in [0.1, 0.15) is 37.7 Å². The third-order valence-corrected chi connectivity index (χ3v) is 4.02. The summed E-state index contributed by atoms with van der Waals surface area (Å²) in [5.74, 6) is 1.04. The minimum absolute atomic E-state index is 0.548. The van der Waals surface area contributed by atoms with Crippen LogP contribution in [0.4, 0.5) is 0 Å². The average Bonchev–Trinajstić information content (AvgIpc) is 2.80. The maximum absolute atomic E-state index is 3.43. The molecule has 2 aliphatic carbocycles. The Kier molecular flexibility index (Phi) is 1.52. The molecule has 2 fully saturated rings. The second-order valence-corrected chi connectivity index (χ2v) is 4.70. The van der Waals surface area contributed by atoms with Crippen LogP contribution in [0.2, 0.25) is 0 Å². The Hall–Kier alpha value is -0.780. The molecule has 0 heterocycles. The van der Waals surface area contributed by atoms with Crippen molar-refractivity contribution >= 4 is 0 Å². The Morgan fingerprint density at radius 1 is 1.23 bits per heavy atom. The lowest BCUT2D eigenvalue weighted by Gasteiger charge is -2.26. The predicted molar refractivity (Wildman–Crippen MR) is 53.5 cm³/mol. The molecule has 0 atom stereocenters. The van der Waals surface area contributed by atoms with E-state index in [9.17, 15) is 0 Å².